The van der Waals surface area contributed by atoms with E-state index in [4.69, 9.17) is 14.6 Å². The highest BCUT2D eigenvalue weighted by atomic mass is 28.4. The van der Waals surface area contributed by atoms with Gasteiger partial charge in [0.05, 0.1) is 0 Å². The zero-order valence-corrected chi connectivity index (χ0v) is 11.0. The largest absolute Gasteiger partial charge is 0.427 e. The van der Waals surface area contributed by atoms with Crippen LogP contribution >= 0.6 is 0 Å². The Morgan fingerprint density at radius 3 is 2.47 bits per heavy atom. The van der Waals surface area contributed by atoms with Gasteiger partial charge in [-0.3, -0.25) is 4.57 Å². The summed E-state index contributed by atoms with van der Waals surface area (Å²) in [7, 11) is -2.02. The van der Waals surface area contributed by atoms with Gasteiger partial charge in [0.1, 0.15) is 0 Å². The van der Waals surface area contributed by atoms with Crippen molar-refractivity contribution in [3.8, 4) is 0 Å². The predicted molar refractivity (Wildman–Crippen MR) is 63.7 cm³/mol. The second-order valence-corrected chi connectivity index (χ2v) is 6.95. The van der Waals surface area contributed by atoms with Gasteiger partial charge < -0.3 is 14.6 Å². The van der Waals surface area contributed by atoms with Crippen LogP contribution in [0.3, 0.4) is 0 Å². The lowest BCUT2D eigenvalue weighted by molar-refractivity contribution is 0.136. The Labute approximate surface area is 94.1 Å². The Hall–Kier alpha value is 0.0569. The fourth-order valence-corrected chi connectivity index (χ4v) is 5.76. The van der Waals surface area contributed by atoms with Gasteiger partial charge >= 0.3 is 8.72 Å². The van der Waals surface area contributed by atoms with Crippen LogP contribution in [0.15, 0.2) is 0 Å². The minimum Gasteiger partial charge on any atom is -0.383 e. The molecule has 0 amide bonds. The summed E-state index contributed by atoms with van der Waals surface area (Å²) in [5, 5.41) is 0. The van der Waals surface area contributed by atoms with Gasteiger partial charge in [0, 0.05) is 19.3 Å². The maximum Gasteiger partial charge on any atom is 0.427 e. The molecule has 0 aromatic heterocycles. The van der Waals surface area contributed by atoms with E-state index in [1.807, 2.05) is 13.8 Å². The first-order valence-electron chi connectivity index (χ1n) is 6.02. The van der Waals surface area contributed by atoms with Crippen LogP contribution in [0.4, 0.5) is 0 Å². The van der Waals surface area contributed by atoms with Crippen molar-refractivity contribution in [2.45, 2.75) is 32.7 Å². The van der Waals surface area contributed by atoms with Crippen LogP contribution in [0.25, 0.3) is 0 Å². The van der Waals surface area contributed by atoms with Crippen LogP contribution in [0.5, 0.6) is 0 Å². The maximum absolute atomic E-state index is 5.94. The van der Waals surface area contributed by atoms with E-state index >= 15 is 0 Å². The van der Waals surface area contributed by atoms with Crippen molar-refractivity contribution >= 4 is 8.72 Å². The first-order chi connectivity index (χ1) is 7.29. The average Bonchev–Trinajstić information content (AvgIpc) is 2.59. The number of rotatable bonds is 7. The summed E-state index contributed by atoms with van der Waals surface area (Å²) in [4.78, 5) is 0. The monoisotopic (exact) mass is 232 g/mol. The second-order valence-electron chi connectivity index (χ2n) is 3.81. The Morgan fingerprint density at radius 1 is 1.27 bits per heavy atom. The topological polar surface area (TPSA) is 47.7 Å². The molecule has 1 rings (SSSR count). The first kappa shape index (κ1) is 13.1. The lowest BCUT2D eigenvalue weighted by Crippen LogP contribution is -2.55. The molecule has 0 spiro atoms. The smallest absolute Gasteiger partial charge is 0.383 e. The highest BCUT2D eigenvalue weighted by Gasteiger charge is 2.47. The SMILES string of the molecule is CCO[Si]1(OCC)CCCN1CCCN. The zero-order valence-electron chi connectivity index (χ0n) is 10.00. The van der Waals surface area contributed by atoms with Crippen molar-refractivity contribution in [3.05, 3.63) is 0 Å². The highest BCUT2D eigenvalue weighted by molar-refractivity contribution is 6.65. The number of nitrogens with zero attached hydrogens (tertiary/aromatic N) is 1. The molecule has 1 saturated heterocycles. The van der Waals surface area contributed by atoms with Crippen molar-refractivity contribution in [1.82, 2.24) is 4.57 Å². The molecule has 0 aliphatic carbocycles. The van der Waals surface area contributed by atoms with Crippen LogP contribution in [-0.4, -0.2) is 46.1 Å². The maximum atomic E-state index is 5.94. The van der Waals surface area contributed by atoms with Gasteiger partial charge in [-0.05, 0) is 46.3 Å². The van der Waals surface area contributed by atoms with E-state index in [0.717, 1.165) is 45.3 Å². The van der Waals surface area contributed by atoms with Gasteiger partial charge in [0.15, 0.2) is 0 Å². The molecule has 0 aromatic carbocycles. The highest BCUT2D eigenvalue weighted by Crippen LogP contribution is 2.28. The third-order valence-corrected chi connectivity index (χ3v) is 6.65. The van der Waals surface area contributed by atoms with E-state index in [1.165, 1.54) is 6.42 Å². The summed E-state index contributed by atoms with van der Waals surface area (Å²) in [6, 6.07) is 1.11. The molecule has 1 heterocycles. The third kappa shape index (κ3) is 3.25. The fraction of sp³-hybridized carbons (Fsp3) is 1.00. The van der Waals surface area contributed by atoms with Crippen molar-refractivity contribution < 1.29 is 8.85 Å². The standard InChI is InChI=1S/C10H24N2O2Si/c1-3-13-15(14-4-2)10-6-9-12(15)8-5-7-11/h3-11H2,1-2H3. The molecular formula is C10H24N2O2Si. The van der Waals surface area contributed by atoms with Crippen molar-refractivity contribution in [1.29, 1.82) is 0 Å². The van der Waals surface area contributed by atoms with Gasteiger partial charge in [0.25, 0.3) is 0 Å². The van der Waals surface area contributed by atoms with Crippen LogP contribution in [0, 0.1) is 0 Å². The average molecular weight is 232 g/mol. The molecule has 2 N–H and O–H groups in total. The Kier molecular flexibility index (Phi) is 5.77. The molecule has 5 heteroatoms. The van der Waals surface area contributed by atoms with E-state index in [2.05, 4.69) is 4.57 Å². The Morgan fingerprint density at radius 2 is 1.93 bits per heavy atom. The minimum atomic E-state index is -2.02. The zero-order chi connectivity index (χ0) is 11.1. The normalized spacial score (nSPS) is 21.0. The molecule has 0 unspecified atom stereocenters. The number of hydrogen-bond donors (Lipinski definition) is 1. The summed E-state index contributed by atoms with van der Waals surface area (Å²) in [6.45, 7) is 8.51. The molecule has 0 saturated carbocycles. The summed E-state index contributed by atoms with van der Waals surface area (Å²) in [5.41, 5.74) is 5.55. The predicted octanol–water partition coefficient (Wildman–Crippen LogP) is 1.05. The summed E-state index contributed by atoms with van der Waals surface area (Å²) < 4.78 is 14.3. The molecular weight excluding hydrogens is 208 g/mol. The fourth-order valence-electron chi connectivity index (χ4n) is 2.21. The molecule has 0 atom stereocenters. The molecule has 0 radical (unpaired) electrons. The van der Waals surface area contributed by atoms with E-state index in [-0.39, 0.29) is 0 Å². The van der Waals surface area contributed by atoms with Gasteiger partial charge in [-0.25, -0.2) is 0 Å². The second kappa shape index (κ2) is 6.60. The third-order valence-electron chi connectivity index (χ3n) is 2.77. The molecule has 90 valence electrons. The molecule has 0 bridgehead atoms. The van der Waals surface area contributed by atoms with E-state index in [9.17, 15) is 0 Å². The Bertz CT molecular complexity index is 175. The van der Waals surface area contributed by atoms with Crippen molar-refractivity contribution in [2.75, 3.05) is 32.8 Å². The molecule has 4 nitrogen and oxygen atoms in total. The molecule has 1 aliphatic rings. The first-order valence-corrected chi connectivity index (χ1v) is 7.99. The van der Waals surface area contributed by atoms with E-state index in [1.54, 1.807) is 0 Å². The summed E-state index contributed by atoms with van der Waals surface area (Å²) >= 11 is 0. The summed E-state index contributed by atoms with van der Waals surface area (Å²) in [5.74, 6) is 0. The van der Waals surface area contributed by atoms with Crippen LogP contribution < -0.4 is 5.73 Å². The van der Waals surface area contributed by atoms with Gasteiger partial charge in [-0.2, -0.15) is 0 Å². The minimum absolute atomic E-state index is 0.749. The van der Waals surface area contributed by atoms with Gasteiger partial charge in [-0.15, -0.1) is 0 Å². The molecule has 1 fully saturated rings. The van der Waals surface area contributed by atoms with Crippen molar-refractivity contribution in [3.63, 3.8) is 0 Å². The lowest BCUT2D eigenvalue weighted by Gasteiger charge is -2.33. The van der Waals surface area contributed by atoms with E-state index < -0.39 is 8.72 Å². The summed E-state index contributed by atoms with van der Waals surface area (Å²) in [6.07, 6.45) is 2.24. The van der Waals surface area contributed by atoms with Gasteiger partial charge in [-0.1, -0.05) is 0 Å². The quantitative estimate of drug-likeness (QED) is 0.667. The van der Waals surface area contributed by atoms with Crippen LogP contribution in [0.1, 0.15) is 26.7 Å². The van der Waals surface area contributed by atoms with Crippen LogP contribution in [-0.2, 0) is 8.85 Å². The molecule has 0 aromatic rings. The lowest BCUT2D eigenvalue weighted by atomic mass is 10.4. The van der Waals surface area contributed by atoms with Crippen molar-refractivity contribution in [2.24, 2.45) is 5.73 Å². The van der Waals surface area contributed by atoms with Gasteiger partial charge in [0.2, 0.25) is 0 Å². The number of nitrogens with two attached hydrogens (primary N) is 1. The van der Waals surface area contributed by atoms with Crippen LogP contribution in [0.2, 0.25) is 6.04 Å². The molecule has 15 heavy (non-hydrogen) atoms. The van der Waals surface area contributed by atoms with E-state index in [0.29, 0.717) is 0 Å². The molecule has 1 aliphatic heterocycles. The number of hydrogen-bond acceptors (Lipinski definition) is 4. The Balaban J connectivity index is 2.57.